The number of nitrogens with zero attached hydrogens (tertiary/aromatic N) is 2. The van der Waals surface area contributed by atoms with Gasteiger partial charge in [-0.2, -0.15) is 0 Å². The van der Waals surface area contributed by atoms with E-state index in [-0.39, 0.29) is 6.04 Å². The molecule has 23 heavy (non-hydrogen) atoms. The predicted molar refractivity (Wildman–Crippen MR) is 96.8 cm³/mol. The molecule has 1 atom stereocenters. The van der Waals surface area contributed by atoms with Crippen LogP contribution in [-0.2, 0) is 12.8 Å². The molecule has 120 valence electrons. The van der Waals surface area contributed by atoms with Gasteiger partial charge in [0.2, 0.25) is 0 Å². The van der Waals surface area contributed by atoms with Crippen LogP contribution in [0.5, 0.6) is 0 Å². The van der Waals surface area contributed by atoms with Gasteiger partial charge in [0.1, 0.15) is 5.82 Å². The third kappa shape index (κ3) is 3.15. The topological polar surface area (TPSA) is 43.8 Å². The van der Waals surface area contributed by atoms with Gasteiger partial charge in [-0.25, -0.2) is 4.98 Å². The van der Waals surface area contributed by atoms with Crippen molar-refractivity contribution in [1.82, 2.24) is 9.55 Å². The second-order valence-corrected chi connectivity index (χ2v) is 6.39. The first-order valence-electron chi connectivity index (χ1n) is 8.32. The zero-order valence-corrected chi connectivity index (χ0v) is 14.2. The quantitative estimate of drug-likeness (QED) is 0.775. The molecule has 0 radical (unpaired) electrons. The van der Waals surface area contributed by atoms with E-state index in [9.17, 15) is 0 Å². The number of imidazole rings is 1. The van der Waals surface area contributed by atoms with Gasteiger partial charge in [0.05, 0.1) is 11.0 Å². The minimum atomic E-state index is 0.257. The molecule has 0 aliphatic carbocycles. The van der Waals surface area contributed by atoms with Crippen molar-refractivity contribution in [1.29, 1.82) is 0 Å². The third-order valence-electron chi connectivity index (χ3n) is 4.64. The number of rotatable bonds is 5. The van der Waals surface area contributed by atoms with Crippen LogP contribution in [-0.4, -0.2) is 16.1 Å². The van der Waals surface area contributed by atoms with Crippen LogP contribution >= 0.6 is 0 Å². The average molecular weight is 307 g/mol. The maximum absolute atomic E-state index is 5.95. The van der Waals surface area contributed by atoms with Gasteiger partial charge in [0.15, 0.2) is 0 Å². The third-order valence-corrected chi connectivity index (χ3v) is 4.64. The number of aryl methyl sites for hydroxylation is 4. The molecule has 0 saturated heterocycles. The first-order chi connectivity index (χ1) is 11.1. The van der Waals surface area contributed by atoms with Gasteiger partial charge < -0.3 is 10.3 Å². The highest BCUT2D eigenvalue weighted by Crippen LogP contribution is 2.25. The molecule has 0 aliphatic rings. The van der Waals surface area contributed by atoms with E-state index in [0.717, 1.165) is 24.2 Å². The van der Waals surface area contributed by atoms with Crippen molar-refractivity contribution in [2.45, 2.75) is 39.7 Å². The molecule has 3 nitrogen and oxygen atoms in total. The van der Waals surface area contributed by atoms with E-state index in [1.807, 2.05) is 0 Å². The fourth-order valence-electron chi connectivity index (χ4n) is 3.07. The summed E-state index contributed by atoms with van der Waals surface area (Å²) in [6, 6.07) is 15.3. The lowest BCUT2D eigenvalue weighted by molar-refractivity contribution is 0.546. The molecule has 2 N–H and O–H groups in total. The largest absolute Gasteiger partial charge is 0.328 e. The first kappa shape index (κ1) is 15.8. The lowest BCUT2D eigenvalue weighted by atomic mass is 10.1. The average Bonchev–Trinajstić information content (AvgIpc) is 2.91. The summed E-state index contributed by atoms with van der Waals surface area (Å²) in [4.78, 5) is 4.91. The molecule has 3 rings (SSSR count). The number of hydrogen-bond donors (Lipinski definition) is 1. The van der Waals surface area contributed by atoms with E-state index in [0.29, 0.717) is 6.54 Å². The molecule has 1 unspecified atom stereocenters. The number of fused-ring (bicyclic) bond motifs is 1. The van der Waals surface area contributed by atoms with E-state index in [1.165, 1.54) is 22.2 Å². The van der Waals surface area contributed by atoms with Crippen molar-refractivity contribution in [2.75, 3.05) is 6.54 Å². The van der Waals surface area contributed by atoms with E-state index < -0.39 is 0 Å². The molecule has 3 heteroatoms. The van der Waals surface area contributed by atoms with Crippen molar-refractivity contribution in [3.8, 4) is 0 Å². The van der Waals surface area contributed by atoms with Crippen molar-refractivity contribution >= 4 is 11.0 Å². The lowest BCUT2D eigenvalue weighted by Crippen LogP contribution is -2.18. The van der Waals surface area contributed by atoms with Crippen molar-refractivity contribution in [3.05, 3.63) is 65.0 Å². The van der Waals surface area contributed by atoms with Crippen LogP contribution < -0.4 is 5.73 Å². The Morgan fingerprint density at radius 1 is 1.04 bits per heavy atom. The second kappa shape index (κ2) is 6.55. The molecule has 0 fully saturated rings. The highest BCUT2D eigenvalue weighted by Gasteiger charge is 2.15. The molecule has 0 saturated carbocycles. The number of benzene rings is 2. The van der Waals surface area contributed by atoms with Crippen molar-refractivity contribution < 1.29 is 0 Å². The molecule has 2 aromatic carbocycles. The van der Waals surface area contributed by atoms with Crippen LogP contribution in [0.25, 0.3) is 11.0 Å². The summed E-state index contributed by atoms with van der Waals surface area (Å²) in [5.41, 5.74) is 12.2. The Morgan fingerprint density at radius 3 is 2.43 bits per heavy atom. The molecule has 0 amide bonds. The van der Waals surface area contributed by atoms with E-state index in [4.69, 9.17) is 10.7 Å². The van der Waals surface area contributed by atoms with E-state index in [1.54, 1.807) is 0 Å². The minimum Gasteiger partial charge on any atom is -0.328 e. The minimum absolute atomic E-state index is 0.257. The maximum Gasteiger partial charge on any atom is 0.110 e. The first-order valence-corrected chi connectivity index (χ1v) is 8.32. The van der Waals surface area contributed by atoms with Crippen LogP contribution in [0.2, 0.25) is 0 Å². The van der Waals surface area contributed by atoms with Crippen molar-refractivity contribution in [2.24, 2.45) is 5.73 Å². The standard InChI is InChI=1S/C20H25N3/c1-14-11-18-19(12-15(14)2)23(16(3)13-21)20(22-18)10-9-17-7-5-4-6-8-17/h4-8,11-12,16H,9-10,13,21H2,1-3H3. The SMILES string of the molecule is Cc1cc2nc(CCc3ccccc3)n(C(C)CN)c2cc1C. The summed E-state index contributed by atoms with van der Waals surface area (Å²) in [5.74, 6) is 1.13. The normalized spacial score (nSPS) is 12.7. The fourth-order valence-corrected chi connectivity index (χ4v) is 3.07. The van der Waals surface area contributed by atoms with Gasteiger partial charge in [-0.3, -0.25) is 0 Å². The molecule has 0 bridgehead atoms. The predicted octanol–water partition coefficient (Wildman–Crippen LogP) is 3.96. The van der Waals surface area contributed by atoms with Crippen LogP contribution in [0, 0.1) is 13.8 Å². The monoisotopic (exact) mass is 307 g/mol. The van der Waals surface area contributed by atoms with Gasteiger partial charge in [-0.1, -0.05) is 30.3 Å². The maximum atomic E-state index is 5.95. The summed E-state index contributed by atoms with van der Waals surface area (Å²) in [5, 5.41) is 0. The van der Waals surface area contributed by atoms with Crippen LogP contribution in [0.4, 0.5) is 0 Å². The van der Waals surface area contributed by atoms with Gasteiger partial charge >= 0.3 is 0 Å². The molecule has 0 spiro atoms. The molecule has 1 aromatic heterocycles. The van der Waals surface area contributed by atoms with E-state index in [2.05, 4.69) is 67.8 Å². The van der Waals surface area contributed by atoms with Gasteiger partial charge in [0.25, 0.3) is 0 Å². The number of nitrogens with two attached hydrogens (primary N) is 1. The van der Waals surface area contributed by atoms with E-state index >= 15 is 0 Å². The molecular formula is C20H25N3. The summed E-state index contributed by atoms with van der Waals surface area (Å²) in [6.07, 6.45) is 1.93. The highest BCUT2D eigenvalue weighted by atomic mass is 15.1. The second-order valence-electron chi connectivity index (χ2n) is 6.39. The smallest absolute Gasteiger partial charge is 0.110 e. The Labute approximate surface area is 138 Å². The van der Waals surface area contributed by atoms with Gasteiger partial charge in [-0.05, 0) is 56.0 Å². The highest BCUT2D eigenvalue weighted by molar-refractivity contribution is 5.78. The Kier molecular flexibility index (Phi) is 4.49. The molecule has 0 aliphatic heterocycles. The van der Waals surface area contributed by atoms with Crippen LogP contribution in [0.1, 0.15) is 35.5 Å². The molecule has 1 heterocycles. The molecular weight excluding hydrogens is 282 g/mol. The lowest BCUT2D eigenvalue weighted by Gasteiger charge is -2.16. The van der Waals surface area contributed by atoms with Gasteiger partial charge in [-0.15, -0.1) is 0 Å². The summed E-state index contributed by atoms with van der Waals surface area (Å²) in [7, 11) is 0. The zero-order chi connectivity index (χ0) is 16.4. The Balaban J connectivity index is 2.01. The van der Waals surface area contributed by atoms with Crippen molar-refractivity contribution in [3.63, 3.8) is 0 Å². The van der Waals surface area contributed by atoms with Gasteiger partial charge in [0, 0.05) is 19.0 Å². The summed E-state index contributed by atoms with van der Waals surface area (Å²) in [6.45, 7) is 7.09. The summed E-state index contributed by atoms with van der Waals surface area (Å²) < 4.78 is 2.32. The Morgan fingerprint density at radius 2 is 1.74 bits per heavy atom. The van der Waals surface area contributed by atoms with Crippen LogP contribution in [0.15, 0.2) is 42.5 Å². The summed E-state index contributed by atoms with van der Waals surface area (Å²) >= 11 is 0. The number of aromatic nitrogens is 2. The molecule has 3 aromatic rings. The Hall–Kier alpha value is -2.13. The number of hydrogen-bond acceptors (Lipinski definition) is 2. The zero-order valence-electron chi connectivity index (χ0n) is 14.2. The van der Waals surface area contributed by atoms with Crippen LogP contribution in [0.3, 0.4) is 0 Å². The fraction of sp³-hybridized carbons (Fsp3) is 0.350. The Bertz CT molecular complexity index is 803.